The van der Waals surface area contributed by atoms with Crippen LogP contribution in [0.25, 0.3) is 0 Å². The predicted octanol–water partition coefficient (Wildman–Crippen LogP) is 5.69. The van der Waals surface area contributed by atoms with Crippen molar-refractivity contribution in [3.8, 4) is 0 Å². The number of halogens is 1. The Morgan fingerprint density at radius 1 is 1.18 bits per heavy atom. The minimum absolute atomic E-state index is 0.0135. The van der Waals surface area contributed by atoms with Crippen molar-refractivity contribution in [2.45, 2.75) is 82.8 Å². The molecule has 8 nitrogen and oxygen atoms in total. The van der Waals surface area contributed by atoms with Gasteiger partial charge < -0.3 is 30.3 Å². The molecule has 1 saturated carbocycles. The fraction of sp³-hybridized carbons (Fsp3) is 0.733. The van der Waals surface area contributed by atoms with E-state index in [-0.39, 0.29) is 18.0 Å². The Morgan fingerprint density at radius 3 is 2.67 bits per heavy atom. The molecule has 0 spiro atoms. The molecule has 1 aliphatic heterocycles. The van der Waals surface area contributed by atoms with E-state index >= 15 is 0 Å². The number of likely N-dealkylation sites (N-methyl/N-ethyl adjacent to an activating group) is 1. The molecule has 1 aromatic carbocycles. The fourth-order valence-electron chi connectivity index (χ4n) is 6.51. The van der Waals surface area contributed by atoms with E-state index in [1.54, 1.807) is 0 Å². The first-order chi connectivity index (χ1) is 18.9. The van der Waals surface area contributed by atoms with E-state index < -0.39 is 11.7 Å². The first-order valence-corrected chi connectivity index (χ1v) is 15.2. The third-order valence-corrected chi connectivity index (χ3v) is 8.57. The van der Waals surface area contributed by atoms with Crippen LogP contribution >= 0.6 is 11.6 Å². The maximum atomic E-state index is 13.6. The smallest absolute Gasteiger partial charge is 0.406 e. The lowest BCUT2D eigenvalue weighted by atomic mass is 9.74. The molecule has 9 heteroatoms. The zero-order valence-corrected chi connectivity index (χ0v) is 24.9. The summed E-state index contributed by atoms with van der Waals surface area (Å²) >= 11 is 6.45. The van der Waals surface area contributed by atoms with Crippen LogP contribution in [0.3, 0.4) is 0 Å². The summed E-state index contributed by atoms with van der Waals surface area (Å²) in [6.45, 7) is 4.94. The lowest BCUT2D eigenvalue weighted by Crippen LogP contribution is -2.54. The third kappa shape index (κ3) is 9.25. The van der Waals surface area contributed by atoms with E-state index in [0.29, 0.717) is 30.6 Å². The Hall–Kier alpha value is -2.03. The van der Waals surface area contributed by atoms with E-state index in [0.717, 1.165) is 50.8 Å². The molecule has 0 unspecified atom stereocenters. The Labute approximate surface area is 239 Å². The fourth-order valence-corrected chi connectivity index (χ4v) is 6.70. The van der Waals surface area contributed by atoms with E-state index in [1.807, 2.05) is 30.1 Å². The average molecular weight is 565 g/mol. The highest BCUT2D eigenvalue weighted by Crippen LogP contribution is 2.43. The van der Waals surface area contributed by atoms with Crippen LogP contribution < -0.4 is 16.0 Å². The summed E-state index contributed by atoms with van der Waals surface area (Å²) in [5.41, 5.74) is 0.399. The molecule has 1 aromatic rings. The van der Waals surface area contributed by atoms with Crippen molar-refractivity contribution in [3.63, 3.8) is 0 Å². The van der Waals surface area contributed by atoms with Gasteiger partial charge in [0.2, 0.25) is 0 Å². The summed E-state index contributed by atoms with van der Waals surface area (Å²) in [6.07, 6.45) is 10.6. The van der Waals surface area contributed by atoms with Crippen LogP contribution in [-0.2, 0) is 15.1 Å². The van der Waals surface area contributed by atoms with Crippen molar-refractivity contribution in [2.75, 3.05) is 46.9 Å². The molecule has 0 bridgehead atoms. The zero-order chi connectivity index (χ0) is 28.1. The summed E-state index contributed by atoms with van der Waals surface area (Å²) in [6, 6.07) is 8.02. The molecule has 1 heterocycles. The molecule has 3 atom stereocenters. The molecule has 39 heavy (non-hydrogen) atoms. The number of nitrogens with zero attached hydrogens (tertiary/aromatic N) is 1. The van der Waals surface area contributed by atoms with Crippen molar-refractivity contribution in [1.29, 1.82) is 0 Å². The first-order valence-electron chi connectivity index (χ1n) is 14.8. The number of likely N-dealkylation sites (tertiary alicyclic amines) is 1. The number of hydrogen-bond donors (Lipinski definition) is 3. The van der Waals surface area contributed by atoms with Gasteiger partial charge in [-0.25, -0.2) is 9.59 Å². The van der Waals surface area contributed by atoms with E-state index in [1.165, 1.54) is 39.2 Å². The summed E-state index contributed by atoms with van der Waals surface area (Å²) in [5, 5.41) is 10.0. The minimum atomic E-state index is -0.622. The molecule has 3 rings (SSSR count). The first kappa shape index (κ1) is 31.5. The Bertz CT molecular complexity index is 897. The number of methoxy groups -OCH3 is 1. The molecule has 2 fully saturated rings. The number of piperidine rings is 1. The second kappa shape index (κ2) is 16.3. The van der Waals surface area contributed by atoms with Crippen molar-refractivity contribution in [1.82, 2.24) is 20.9 Å². The molecule has 2 aliphatic rings. The van der Waals surface area contributed by atoms with Crippen LogP contribution in [0.2, 0.25) is 5.02 Å². The lowest BCUT2D eigenvalue weighted by Gasteiger charge is -2.46. The third-order valence-electron chi connectivity index (χ3n) is 8.34. The summed E-state index contributed by atoms with van der Waals surface area (Å²) < 4.78 is 11.4. The van der Waals surface area contributed by atoms with Crippen LogP contribution in [0.5, 0.6) is 0 Å². The van der Waals surface area contributed by atoms with Gasteiger partial charge in [0.05, 0.1) is 19.3 Å². The predicted molar refractivity (Wildman–Crippen MR) is 156 cm³/mol. The van der Waals surface area contributed by atoms with E-state index in [4.69, 9.17) is 21.1 Å². The number of ether oxygens (including phenoxy) is 2. The number of alkyl carbamates (subject to hydrolysis) is 1. The number of rotatable bonds is 13. The monoisotopic (exact) mass is 564 g/mol. The Morgan fingerprint density at radius 2 is 1.97 bits per heavy atom. The van der Waals surface area contributed by atoms with Gasteiger partial charge in [-0.15, -0.1) is 0 Å². The Balaban J connectivity index is 1.75. The summed E-state index contributed by atoms with van der Waals surface area (Å²) in [5.74, 6) is 0.785. The van der Waals surface area contributed by atoms with Crippen LogP contribution in [-0.4, -0.2) is 70.0 Å². The SMILES string of the molecule is CCC[C@](OCCNC(=O)OC)(c1cccc(Cl)c1)[C@@H]1CCCN(C(=O)N[C@H](CNC)CC2CCCCC2)C1. The van der Waals surface area contributed by atoms with Gasteiger partial charge in [0.1, 0.15) is 0 Å². The minimum Gasteiger partial charge on any atom is -0.453 e. The normalized spacial score (nSPS) is 20.6. The van der Waals surface area contributed by atoms with Gasteiger partial charge in [-0.05, 0) is 56.3 Å². The molecule has 1 aliphatic carbocycles. The highest BCUT2D eigenvalue weighted by molar-refractivity contribution is 6.30. The largest absolute Gasteiger partial charge is 0.453 e. The van der Waals surface area contributed by atoms with Gasteiger partial charge in [0, 0.05) is 43.2 Å². The van der Waals surface area contributed by atoms with Crippen LogP contribution in [0, 0.1) is 11.8 Å². The van der Waals surface area contributed by atoms with Gasteiger partial charge >= 0.3 is 12.1 Å². The lowest BCUT2D eigenvalue weighted by molar-refractivity contribution is -0.112. The topological polar surface area (TPSA) is 91.9 Å². The highest BCUT2D eigenvalue weighted by Gasteiger charge is 2.44. The van der Waals surface area contributed by atoms with Crippen LogP contribution in [0.4, 0.5) is 9.59 Å². The molecule has 0 aromatic heterocycles. The second-order valence-electron chi connectivity index (χ2n) is 11.1. The highest BCUT2D eigenvalue weighted by atomic mass is 35.5. The molecule has 1 saturated heterocycles. The second-order valence-corrected chi connectivity index (χ2v) is 11.6. The maximum Gasteiger partial charge on any atom is 0.406 e. The van der Waals surface area contributed by atoms with Gasteiger partial charge in [-0.1, -0.05) is 69.2 Å². The van der Waals surface area contributed by atoms with Gasteiger partial charge in [-0.3, -0.25) is 0 Å². The van der Waals surface area contributed by atoms with Gasteiger partial charge in [0.15, 0.2) is 0 Å². The van der Waals surface area contributed by atoms with Crippen molar-refractivity contribution < 1.29 is 19.1 Å². The number of carbonyl (C=O) groups excluding carboxylic acids is 2. The zero-order valence-electron chi connectivity index (χ0n) is 24.1. The van der Waals surface area contributed by atoms with Crippen molar-refractivity contribution >= 4 is 23.7 Å². The average Bonchev–Trinajstić information content (AvgIpc) is 2.95. The van der Waals surface area contributed by atoms with E-state index in [9.17, 15) is 9.59 Å². The maximum absolute atomic E-state index is 13.6. The molecular weight excluding hydrogens is 516 g/mol. The number of carbonyl (C=O) groups is 2. The standard InChI is InChI=1S/C30H49ClN4O4/c1-4-15-30(24-12-8-14-26(31)20-24,39-18-16-33-29(37)38-3)25-13-9-17-35(22-25)28(36)34-27(21-32-2)19-23-10-6-5-7-11-23/h8,12,14,20,23,25,27,32H,4-7,9-11,13,15-19,21-22H2,1-3H3,(H,33,37)(H,34,36)/t25-,27+,30+/m1/s1. The van der Waals surface area contributed by atoms with Crippen LogP contribution in [0.15, 0.2) is 24.3 Å². The van der Waals surface area contributed by atoms with Crippen molar-refractivity contribution in [2.24, 2.45) is 11.8 Å². The Kier molecular flexibility index (Phi) is 13.2. The van der Waals surface area contributed by atoms with Gasteiger partial charge in [0.25, 0.3) is 0 Å². The number of amides is 3. The molecular formula is C30H49ClN4O4. The summed E-state index contributed by atoms with van der Waals surface area (Å²) in [7, 11) is 3.30. The molecule has 3 N–H and O–H groups in total. The van der Waals surface area contributed by atoms with Gasteiger partial charge in [-0.2, -0.15) is 0 Å². The number of nitrogens with one attached hydrogen (secondary N) is 3. The molecule has 220 valence electrons. The molecule has 0 radical (unpaired) electrons. The number of urea groups is 1. The number of hydrogen-bond acceptors (Lipinski definition) is 5. The summed E-state index contributed by atoms with van der Waals surface area (Å²) in [4.78, 5) is 27.1. The van der Waals surface area contributed by atoms with E-state index in [2.05, 4.69) is 28.9 Å². The molecule has 3 amide bonds. The number of benzene rings is 1. The van der Waals surface area contributed by atoms with Crippen LogP contribution in [0.1, 0.15) is 76.7 Å². The quantitative estimate of drug-likeness (QED) is 0.268. The van der Waals surface area contributed by atoms with Crippen molar-refractivity contribution in [3.05, 3.63) is 34.9 Å².